The van der Waals surface area contributed by atoms with Crippen molar-refractivity contribution in [1.29, 1.82) is 0 Å². The number of aromatic carboxylic acids is 1. The van der Waals surface area contributed by atoms with Crippen LogP contribution in [0.5, 0.6) is 0 Å². The van der Waals surface area contributed by atoms with Crippen LogP contribution in [0.3, 0.4) is 0 Å². The van der Waals surface area contributed by atoms with Crippen molar-refractivity contribution in [2.24, 2.45) is 17.6 Å². The van der Waals surface area contributed by atoms with Gasteiger partial charge in [0.05, 0.1) is 5.56 Å². The van der Waals surface area contributed by atoms with E-state index in [1.807, 2.05) is 50.4 Å². The first-order valence-corrected chi connectivity index (χ1v) is 13.9. The number of anilines is 1. The number of hydrogen-bond donors (Lipinski definition) is 3. The molecule has 4 N–H and O–H groups in total. The Hall–Kier alpha value is -4.04. The Morgan fingerprint density at radius 2 is 1.75 bits per heavy atom. The van der Waals surface area contributed by atoms with Gasteiger partial charge in [-0.25, -0.2) is 4.79 Å². The molecule has 1 aliphatic heterocycles. The molecule has 40 heavy (non-hydrogen) atoms. The maximum atomic E-state index is 14.3. The molecular weight excluding hydrogens is 504 g/mol. The number of carbonyl (C=O) groups excluding carboxylic acids is 2. The van der Waals surface area contributed by atoms with Crippen molar-refractivity contribution in [3.8, 4) is 11.1 Å². The van der Waals surface area contributed by atoms with Crippen LogP contribution in [-0.4, -0.2) is 44.9 Å². The molecular formula is C32H36N4O4. The number of benzene rings is 2. The summed E-state index contributed by atoms with van der Waals surface area (Å²) in [6, 6.07) is 15.0. The molecule has 1 atom stereocenters. The second-order valence-corrected chi connectivity index (χ2v) is 11.5. The number of fused-ring (bicyclic) bond motifs is 1. The SMILES string of the molecule is CC1(C)Cc2c(-c3cccnc3)cccc2C(C(=O)Nc2ccc(C(=O)O)cc2)N1C(=O)C1CCC(CN)CC1. The Kier molecular flexibility index (Phi) is 7.72. The lowest BCUT2D eigenvalue weighted by molar-refractivity contribution is -0.151. The Labute approximate surface area is 234 Å². The second kappa shape index (κ2) is 11.2. The van der Waals surface area contributed by atoms with Gasteiger partial charge in [-0.15, -0.1) is 0 Å². The summed E-state index contributed by atoms with van der Waals surface area (Å²) in [5.41, 5.74) is 9.65. The summed E-state index contributed by atoms with van der Waals surface area (Å²) in [6.07, 6.45) is 7.49. The lowest BCUT2D eigenvalue weighted by atomic mass is 9.75. The zero-order valence-electron chi connectivity index (χ0n) is 23.0. The van der Waals surface area contributed by atoms with E-state index in [9.17, 15) is 19.5 Å². The van der Waals surface area contributed by atoms with Gasteiger partial charge in [-0.2, -0.15) is 0 Å². The smallest absolute Gasteiger partial charge is 0.335 e. The maximum absolute atomic E-state index is 14.3. The fraction of sp³-hybridized carbons (Fsp3) is 0.375. The summed E-state index contributed by atoms with van der Waals surface area (Å²) in [4.78, 5) is 45.8. The molecule has 8 heteroatoms. The molecule has 2 amide bonds. The topological polar surface area (TPSA) is 126 Å². The van der Waals surface area contributed by atoms with E-state index in [-0.39, 0.29) is 23.3 Å². The highest BCUT2D eigenvalue weighted by Crippen LogP contribution is 2.45. The molecule has 0 spiro atoms. The molecule has 0 saturated heterocycles. The van der Waals surface area contributed by atoms with Gasteiger partial charge in [-0.05, 0) is 105 Å². The van der Waals surface area contributed by atoms with E-state index in [0.29, 0.717) is 24.6 Å². The van der Waals surface area contributed by atoms with Crippen molar-refractivity contribution in [3.05, 3.63) is 83.7 Å². The van der Waals surface area contributed by atoms with Crippen LogP contribution in [0.15, 0.2) is 67.0 Å². The summed E-state index contributed by atoms with van der Waals surface area (Å²) >= 11 is 0. The highest BCUT2D eigenvalue weighted by Gasteiger charge is 2.48. The fourth-order valence-corrected chi connectivity index (χ4v) is 6.29. The van der Waals surface area contributed by atoms with Crippen LogP contribution >= 0.6 is 0 Å². The van der Waals surface area contributed by atoms with Gasteiger partial charge >= 0.3 is 5.97 Å². The molecule has 1 fully saturated rings. The molecule has 5 rings (SSSR count). The van der Waals surface area contributed by atoms with Gasteiger partial charge in [0.15, 0.2) is 0 Å². The minimum Gasteiger partial charge on any atom is -0.478 e. The molecule has 1 aliphatic carbocycles. The molecule has 0 radical (unpaired) electrons. The van der Waals surface area contributed by atoms with Crippen LogP contribution in [-0.2, 0) is 16.0 Å². The average molecular weight is 541 g/mol. The molecule has 8 nitrogen and oxygen atoms in total. The zero-order chi connectivity index (χ0) is 28.4. The number of carboxylic acid groups (broad SMARTS) is 1. The monoisotopic (exact) mass is 540 g/mol. The number of nitrogens with two attached hydrogens (primary N) is 1. The highest BCUT2D eigenvalue weighted by molar-refractivity contribution is 6.00. The largest absolute Gasteiger partial charge is 0.478 e. The van der Waals surface area contributed by atoms with Gasteiger partial charge in [0.2, 0.25) is 5.91 Å². The van der Waals surface area contributed by atoms with Gasteiger partial charge in [0, 0.05) is 35.1 Å². The number of nitrogens with zero attached hydrogens (tertiary/aromatic N) is 2. The van der Waals surface area contributed by atoms with Gasteiger partial charge in [0.1, 0.15) is 6.04 Å². The first-order chi connectivity index (χ1) is 19.2. The second-order valence-electron chi connectivity index (χ2n) is 11.5. The maximum Gasteiger partial charge on any atom is 0.335 e. The Bertz CT molecular complexity index is 1400. The van der Waals surface area contributed by atoms with Crippen LogP contribution in [0.2, 0.25) is 0 Å². The molecule has 2 aromatic carbocycles. The molecule has 0 bridgehead atoms. The highest BCUT2D eigenvalue weighted by atomic mass is 16.4. The van der Waals surface area contributed by atoms with Crippen LogP contribution in [0, 0.1) is 11.8 Å². The minimum absolute atomic E-state index is 0.000669. The number of pyridine rings is 1. The Balaban J connectivity index is 1.56. The fourth-order valence-electron chi connectivity index (χ4n) is 6.29. The lowest BCUT2D eigenvalue weighted by Gasteiger charge is -2.50. The summed E-state index contributed by atoms with van der Waals surface area (Å²) in [5, 5.41) is 12.2. The quantitative estimate of drug-likeness (QED) is 0.402. The van der Waals surface area contributed by atoms with E-state index in [4.69, 9.17) is 5.73 Å². The normalized spacial score (nSPS) is 21.8. The third kappa shape index (κ3) is 5.36. The number of hydrogen-bond acceptors (Lipinski definition) is 5. The number of aromatic nitrogens is 1. The Morgan fingerprint density at radius 3 is 2.38 bits per heavy atom. The number of carboxylic acids is 1. The number of amides is 2. The van der Waals surface area contributed by atoms with E-state index in [1.165, 1.54) is 12.1 Å². The van der Waals surface area contributed by atoms with Crippen molar-refractivity contribution in [3.63, 3.8) is 0 Å². The van der Waals surface area contributed by atoms with Crippen LogP contribution in [0.1, 0.15) is 67.1 Å². The standard InChI is InChI=1S/C32H36N4O4/c1-32(2)17-27-25(23-5-4-16-34-19-23)6-3-7-26(27)28(29(37)35-24-14-12-22(13-15-24)31(39)40)36(32)30(38)21-10-8-20(18-33)9-11-21/h3-7,12-16,19-21,28H,8-11,17-18,33H2,1-2H3,(H,35,37)(H,39,40). The first-order valence-electron chi connectivity index (χ1n) is 13.9. The van der Waals surface area contributed by atoms with E-state index < -0.39 is 17.6 Å². The van der Waals surface area contributed by atoms with Crippen LogP contribution < -0.4 is 11.1 Å². The summed E-state index contributed by atoms with van der Waals surface area (Å²) in [5.74, 6) is -1.09. The molecule has 1 saturated carbocycles. The van der Waals surface area contributed by atoms with Gasteiger partial charge in [-0.3, -0.25) is 14.6 Å². The molecule has 2 heterocycles. The van der Waals surface area contributed by atoms with E-state index >= 15 is 0 Å². The first kappa shape index (κ1) is 27.5. The van der Waals surface area contributed by atoms with E-state index in [1.54, 1.807) is 23.2 Å². The van der Waals surface area contributed by atoms with Crippen molar-refractivity contribution >= 4 is 23.5 Å². The van der Waals surface area contributed by atoms with Crippen molar-refractivity contribution in [2.45, 2.75) is 57.5 Å². The lowest BCUT2D eigenvalue weighted by Crippen LogP contribution is -2.58. The number of nitrogens with one attached hydrogen (secondary N) is 1. The molecule has 2 aliphatic rings. The van der Waals surface area contributed by atoms with Crippen molar-refractivity contribution in [1.82, 2.24) is 9.88 Å². The molecule has 3 aromatic rings. The predicted octanol–water partition coefficient (Wildman–Crippen LogP) is 5.06. The van der Waals surface area contributed by atoms with E-state index in [2.05, 4.69) is 10.3 Å². The Morgan fingerprint density at radius 1 is 1.02 bits per heavy atom. The van der Waals surface area contributed by atoms with Crippen LogP contribution in [0.25, 0.3) is 11.1 Å². The van der Waals surface area contributed by atoms with Crippen molar-refractivity contribution in [2.75, 3.05) is 11.9 Å². The van der Waals surface area contributed by atoms with Gasteiger partial charge in [0.25, 0.3) is 5.91 Å². The summed E-state index contributed by atoms with van der Waals surface area (Å²) in [6.45, 7) is 4.69. The predicted molar refractivity (Wildman–Crippen MR) is 154 cm³/mol. The third-order valence-corrected chi connectivity index (χ3v) is 8.41. The third-order valence-electron chi connectivity index (χ3n) is 8.41. The number of carbonyl (C=O) groups is 3. The zero-order valence-corrected chi connectivity index (χ0v) is 23.0. The molecule has 1 aromatic heterocycles. The molecule has 1 unspecified atom stereocenters. The van der Waals surface area contributed by atoms with Gasteiger partial charge < -0.3 is 21.1 Å². The average Bonchev–Trinajstić information content (AvgIpc) is 2.96. The summed E-state index contributed by atoms with van der Waals surface area (Å²) in [7, 11) is 0. The molecule has 208 valence electrons. The summed E-state index contributed by atoms with van der Waals surface area (Å²) < 4.78 is 0. The van der Waals surface area contributed by atoms with Gasteiger partial charge in [-0.1, -0.05) is 24.3 Å². The number of rotatable bonds is 6. The van der Waals surface area contributed by atoms with Crippen molar-refractivity contribution < 1.29 is 19.5 Å². The minimum atomic E-state index is -1.04. The van der Waals surface area contributed by atoms with Crippen LogP contribution in [0.4, 0.5) is 5.69 Å². The van der Waals surface area contributed by atoms with E-state index in [0.717, 1.165) is 47.9 Å².